The predicted octanol–water partition coefficient (Wildman–Crippen LogP) is 2.10. The molecule has 0 saturated carbocycles. The van der Waals surface area contributed by atoms with Crippen LogP contribution in [0.5, 0.6) is 0 Å². The molecule has 0 aliphatic carbocycles. The van der Waals surface area contributed by atoms with Crippen LogP contribution in [0.3, 0.4) is 0 Å². The number of imide groups is 1. The van der Waals surface area contributed by atoms with Crippen molar-refractivity contribution in [1.82, 2.24) is 9.13 Å². The highest BCUT2D eigenvalue weighted by Gasteiger charge is 2.41. The lowest BCUT2D eigenvalue weighted by Gasteiger charge is -2.06. The van der Waals surface area contributed by atoms with Gasteiger partial charge in [0.1, 0.15) is 22.9 Å². The number of amides is 2. The predicted molar refractivity (Wildman–Crippen MR) is 112 cm³/mol. The van der Waals surface area contributed by atoms with E-state index in [1.807, 2.05) is 48.5 Å². The Kier molecular flexibility index (Phi) is 2.71. The van der Waals surface area contributed by atoms with Crippen molar-refractivity contribution in [2.45, 2.75) is 11.8 Å². The molecule has 7 nitrogen and oxygen atoms in total. The summed E-state index contributed by atoms with van der Waals surface area (Å²) in [6.45, 7) is 0. The van der Waals surface area contributed by atoms with Crippen molar-refractivity contribution in [3.63, 3.8) is 0 Å². The molecule has 0 fully saturated rings. The summed E-state index contributed by atoms with van der Waals surface area (Å²) in [5.41, 5.74) is 3.69. The third kappa shape index (κ3) is 1.73. The normalized spacial score (nSPS) is 17.6. The second-order valence-electron chi connectivity index (χ2n) is 7.96. The molecule has 0 radical (unpaired) electrons. The molecule has 2 aliphatic heterocycles. The van der Waals surface area contributed by atoms with Gasteiger partial charge in [-0.25, -0.2) is 23.3 Å². The summed E-state index contributed by atoms with van der Waals surface area (Å²) in [4.78, 5) is 25.9. The summed E-state index contributed by atoms with van der Waals surface area (Å²) < 4.78 is 29.8. The molecule has 0 unspecified atom stereocenters. The van der Waals surface area contributed by atoms with Gasteiger partial charge in [-0.15, -0.1) is 0 Å². The molecule has 4 heterocycles. The van der Waals surface area contributed by atoms with Crippen LogP contribution in [0.1, 0.15) is 20.7 Å². The summed E-state index contributed by atoms with van der Waals surface area (Å²) >= 11 is 0. The number of hydrogen-bond acceptors (Lipinski definition) is 4. The fourth-order valence-corrected chi connectivity index (χ4v) is 6.72. The first kappa shape index (κ1) is 16.3. The van der Waals surface area contributed by atoms with Gasteiger partial charge in [0.15, 0.2) is 9.84 Å². The highest BCUT2D eigenvalue weighted by Crippen LogP contribution is 2.45. The molecule has 2 aromatic heterocycles. The molecule has 30 heavy (non-hydrogen) atoms. The number of fused-ring (bicyclic) bond motifs is 9. The van der Waals surface area contributed by atoms with Crippen LogP contribution in [-0.4, -0.2) is 29.4 Å². The van der Waals surface area contributed by atoms with Gasteiger partial charge in [-0.3, -0.25) is 0 Å². The van der Waals surface area contributed by atoms with E-state index in [0.29, 0.717) is 32.9 Å². The highest BCUT2D eigenvalue weighted by atomic mass is 32.2. The van der Waals surface area contributed by atoms with Gasteiger partial charge >= 0.3 is 11.8 Å². The van der Waals surface area contributed by atoms with Crippen molar-refractivity contribution >= 4 is 65.3 Å². The van der Waals surface area contributed by atoms with E-state index in [2.05, 4.69) is 0 Å². The largest absolute Gasteiger partial charge is 0.351 e. The van der Waals surface area contributed by atoms with Crippen molar-refractivity contribution in [2.24, 2.45) is 0 Å². The molecule has 0 bridgehead atoms. The topological polar surface area (TPSA) is 94.8 Å². The molecule has 2 amide bonds. The van der Waals surface area contributed by atoms with Crippen molar-refractivity contribution in [3.05, 3.63) is 59.7 Å². The number of carbonyl (C=O) groups excluding carboxylic acids is 2. The Morgan fingerprint density at radius 2 is 1.13 bits per heavy atom. The molecule has 146 valence electrons. The number of quaternary nitrogens is 1. The molecular formula is C22H14N3O4S+. The smallest absolute Gasteiger partial charge is 0.324 e. The molecule has 2 N–H and O–H groups in total. The number of sulfone groups is 1. The Labute approximate surface area is 169 Å². The van der Waals surface area contributed by atoms with Crippen molar-refractivity contribution in [3.8, 4) is 0 Å². The van der Waals surface area contributed by atoms with Gasteiger partial charge in [0.05, 0.1) is 22.1 Å². The van der Waals surface area contributed by atoms with Crippen molar-refractivity contribution < 1.29 is 23.3 Å². The SMILES string of the molecule is O=C1[NH2+]C(=O)c2c1c1c3ccccc3n3c1c1c2c2ccccc2n1CS(=O)(=O)C3. The Morgan fingerprint density at radius 3 is 1.60 bits per heavy atom. The third-order valence-corrected chi connectivity index (χ3v) is 7.63. The number of primary amides is 2. The zero-order valence-electron chi connectivity index (χ0n) is 15.5. The molecule has 5 aromatic rings. The van der Waals surface area contributed by atoms with E-state index >= 15 is 0 Å². The maximum Gasteiger partial charge on any atom is 0.351 e. The average Bonchev–Trinajstić information content (AvgIpc) is 3.27. The van der Waals surface area contributed by atoms with Gasteiger partial charge in [0.2, 0.25) is 0 Å². The van der Waals surface area contributed by atoms with E-state index in [0.717, 1.165) is 27.1 Å². The van der Waals surface area contributed by atoms with Gasteiger partial charge in [0, 0.05) is 21.5 Å². The van der Waals surface area contributed by atoms with Crippen LogP contribution in [0.15, 0.2) is 48.5 Å². The molecule has 2 aliphatic rings. The lowest BCUT2D eigenvalue weighted by Crippen LogP contribution is -2.88. The van der Waals surface area contributed by atoms with Crippen LogP contribution in [0, 0.1) is 0 Å². The van der Waals surface area contributed by atoms with Gasteiger partial charge in [-0.2, -0.15) is 0 Å². The maximum atomic E-state index is 13.1. The van der Waals surface area contributed by atoms with E-state index < -0.39 is 9.84 Å². The number of rotatable bonds is 0. The van der Waals surface area contributed by atoms with Crippen LogP contribution in [-0.2, 0) is 21.6 Å². The first-order valence-corrected chi connectivity index (χ1v) is 11.4. The Balaban J connectivity index is 1.95. The minimum absolute atomic E-state index is 0.174. The summed E-state index contributed by atoms with van der Waals surface area (Å²) in [7, 11) is -3.50. The monoisotopic (exact) mass is 416 g/mol. The van der Waals surface area contributed by atoms with Crippen LogP contribution < -0.4 is 5.32 Å². The average molecular weight is 416 g/mol. The number of nitrogens with two attached hydrogens (primary N) is 1. The van der Waals surface area contributed by atoms with E-state index in [-0.39, 0.29) is 23.6 Å². The highest BCUT2D eigenvalue weighted by molar-refractivity contribution is 7.89. The first-order valence-electron chi connectivity index (χ1n) is 9.58. The zero-order valence-corrected chi connectivity index (χ0v) is 16.4. The Bertz CT molecular complexity index is 1650. The van der Waals surface area contributed by atoms with E-state index in [4.69, 9.17) is 0 Å². The molecule has 8 heteroatoms. The number of hydrogen-bond donors (Lipinski definition) is 1. The number of benzene rings is 3. The van der Waals surface area contributed by atoms with Crippen LogP contribution in [0.4, 0.5) is 0 Å². The van der Waals surface area contributed by atoms with Gasteiger partial charge in [-0.05, 0) is 12.1 Å². The minimum atomic E-state index is -3.50. The second kappa shape index (κ2) is 4.97. The van der Waals surface area contributed by atoms with Crippen molar-refractivity contribution in [2.75, 3.05) is 0 Å². The second-order valence-corrected chi connectivity index (χ2v) is 9.97. The molecule has 7 rings (SSSR count). The zero-order chi connectivity index (χ0) is 20.4. The summed E-state index contributed by atoms with van der Waals surface area (Å²) in [5, 5.41) is 4.07. The number of para-hydroxylation sites is 2. The quantitative estimate of drug-likeness (QED) is 0.391. The minimum Gasteiger partial charge on any atom is -0.324 e. The van der Waals surface area contributed by atoms with Crippen LogP contribution in [0.2, 0.25) is 0 Å². The fraction of sp³-hybridized carbons (Fsp3) is 0.0909. The number of carbonyl (C=O) groups is 2. The molecular weight excluding hydrogens is 402 g/mol. The molecule has 3 aromatic carbocycles. The first-order chi connectivity index (χ1) is 14.5. The summed E-state index contributed by atoms with van der Waals surface area (Å²) in [6, 6.07) is 14.9. The fourth-order valence-electron chi connectivity index (χ4n) is 5.31. The van der Waals surface area contributed by atoms with Crippen LogP contribution in [0.25, 0.3) is 43.6 Å². The van der Waals surface area contributed by atoms with Crippen molar-refractivity contribution in [1.29, 1.82) is 0 Å². The number of nitrogens with zero attached hydrogens (tertiary/aromatic N) is 2. The molecule has 0 saturated heterocycles. The van der Waals surface area contributed by atoms with E-state index in [1.165, 1.54) is 0 Å². The van der Waals surface area contributed by atoms with E-state index in [9.17, 15) is 18.0 Å². The Hall–Kier alpha value is -3.49. The molecule has 0 spiro atoms. The van der Waals surface area contributed by atoms with Gasteiger partial charge < -0.3 is 9.13 Å². The summed E-state index contributed by atoms with van der Waals surface area (Å²) in [5.74, 6) is -0.980. The van der Waals surface area contributed by atoms with Gasteiger partial charge in [0.25, 0.3) is 0 Å². The lowest BCUT2D eigenvalue weighted by atomic mass is 9.97. The lowest BCUT2D eigenvalue weighted by molar-refractivity contribution is -0.445. The standard InChI is InChI=1S/C22H13N3O4S/c26-21-17-15-11-5-1-3-7-13(11)24-9-30(28,29)10-25-14-8-4-2-6-12(14)16(20(25)19(15)24)18(17)22(27)23-21/h1-8H,9-10H2,(H,23,26,27)/p+1. The van der Waals surface area contributed by atoms with E-state index in [1.54, 1.807) is 9.13 Å². The summed E-state index contributed by atoms with van der Waals surface area (Å²) in [6.07, 6.45) is 0. The maximum absolute atomic E-state index is 13.1. The molecule has 0 atom stereocenters. The van der Waals surface area contributed by atoms with Gasteiger partial charge in [-0.1, -0.05) is 36.4 Å². The Morgan fingerprint density at radius 1 is 0.700 bits per heavy atom. The number of aromatic nitrogens is 2. The van der Waals surface area contributed by atoms with Crippen LogP contribution >= 0.6 is 0 Å². The third-order valence-electron chi connectivity index (χ3n) is 6.32.